The zero-order valence-corrected chi connectivity index (χ0v) is 18.1. The van der Waals surface area contributed by atoms with Crippen molar-refractivity contribution >= 4 is 5.78 Å². The number of carbonyl (C=O) groups excluding carboxylic acids is 1. The highest BCUT2D eigenvalue weighted by Gasteiger charge is 2.26. The van der Waals surface area contributed by atoms with Gasteiger partial charge in [0.1, 0.15) is 5.78 Å². The quantitative estimate of drug-likeness (QED) is 0.401. The van der Waals surface area contributed by atoms with E-state index in [9.17, 15) is 4.79 Å². The van der Waals surface area contributed by atoms with E-state index in [2.05, 4.69) is 45.9 Å². The Balaban J connectivity index is 0.00000277. The van der Waals surface area contributed by atoms with E-state index in [4.69, 9.17) is 0 Å². The number of hydrogen-bond acceptors (Lipinski definition) is 1. The van der Waals surface area contributed by atoms with Gasteiger partial charge in [0.15, 0.2) is 0 Å². The molecule has 25 heavy (non-hydrogen) atoms. The molecule has 0 amide bonds. The molecule has 0 aliphatic carbocycles. The van der Waals surface area contributed by atoms with Crippen LogP contribution in [0.25, 0.3) is 0 Å². The topological polar surface area (TPSA) is 17.1 Å². The normalized spacial score (nSPS) is 13.2. The van der Waals surface area contributed by atoms with Crippen LogP contribution in [0.15, 0.2) is 18.2 Å². The molecule has 2 atom stereocenters. The Bertz CT molecular complexity index is 487. The Morgan fingerprint density at radius 1 is 1.04 bits per heavy atom. The maximum Gasteiger partial charge on any atom is 0.142 e. The van der Waals surface area contributed by atoms with Gasteiger partial charge in [-0.2, -0.15) is 0 Å². The first kappa shape index (κ1) is 23.9. The Hall–Kier alpha value is -1.11. The standard InChI is InChI=1S/C22H36O.C2H6/c1-7-9-10-11-17(5)15-21(22(23)16(3)4)20-14-18(6)12-13-19(20)8-2;1-2/h12-14,16-17,21H,7-11,15H2,1-6H3;1-2H3. The molecule has 2 unspecified atom stereocenters. The van der Waals surface area contributed by atoms with Gasteiger partial charge in [-0.25, -0.2) is 0 Å². The van der Waals surface area contributed by atoms with Crippen molar-refractivity contribution < 1.29 is 4.79 Å². The lowest BCUT2D eigenvalue weighted by molar-refractivity contribution is -0.123. The van der Waals surface area contributed by atoms with Crippen LogP contribution in [-0.2, 0) is 11.2 Å². The largest absolute Gasteiger partial charge is 0.299 e. The van der Waals surface area contributed by atoms with Crippen molar-refractivity contribution in [1.82, 2.24) is 0 Å². The number of unbranched alkanes of at least 4 members (excludes halogenated alkanes) is 2. The third-order valence-corrected chi connectivity index (χ3v) is 4.91. The van der Waals surface area contributed by atoms with E-state index >= 15 is 0 Å². The Labute approximate surface area is 157 Å². The molecule has 0 bridgehead atoms. The van der Waals surface area contributed by atoms with Gasteiger partial charge in [-0.1, -0.05) is 97.9 Å². The van der Waals surface area contributed by atoms with Crippen molar-refractivity contribution in [1.29, 1.82) is 0 Å². The molecule has 1 nitrogen and oxygen atoms in total. The maximum absolute atomic E-state index is 12.9. The minimum absolute atomic E-state index is 0.0708. The van der Waals surface area contributed by atoms with E-state index in [0.29, 0.717) is 11.7 Å². The number of ketones is 1. The summed E-state index contributed by atoms with van der Waals surface area (Å²) in [5, 5.41) is 0. The summed E-state index contributed by atoms with van der Waals surface area (Å²) >= 11 is 0. The van der Waals surface area contributed by atoms with Gasteiger partial charge in [0, 0.05) is 11.8 Å². The van der Waals surface area contributed by atoms with E-state index in [-0.39, 0.29) is 11.8 Å². The average molecular weight is 347 g/mol. The molecule has 0 spiro atoms. The number of rotatable bonds is 10. The summed E-state index contributed by atoms with van der Waals surface area (Å²) in [5.74, 6) is 1.20. The highest BCUT2D eigenvalue weighted by molar-refractivity contribution is 5.87. The molecule has 1 heteroatoms. The van der Waals surface area contributed by atoms with E-state index in [0.717, 1.165) is 12.8 Å². The Kier molecular flexibility index (Phi) is 12.6. The summed E-state index contributed by atoms with van der Waals surface area (Å²) in [6.45, 7) is 17.0. The van der Waals surface area contributed by atoms with Gasteiger partial charge in [0.05, 0.1) is 0 Å². The van der Waals surface area contributed by atoms with Gasteiger partial charge >= 0.3 is 0 Å². The lowest BCUT2D eigenvalue weighted by atomic mass is 9.79. The van der Waals surface area contributed by atoms with Gasteiger partial charge in [-0.05, 0) is 36.8 Å². The fourth-order valence-corrected chi connectivity index (χ4v) is 3.42. The van der Waals surface area contributed by atoms with Gasteiger partial charge in [-0.15, -0.1) is 0 Å². The molecule has 144 valence electrons. The molecular weight excluding hydrogens is 304 g/mol. The van der Waals surface area contributed by atoms with Crippen molar-refractivity contribution in [2.75, 3.05) is 0 Å². The molecular formula is C24H42O. The van der Waals surface area contributed by atoms with Crippen molar-refractivity contribution in [2.24, 2.45) is 11.8 Å². The van der Waals surface area contributed by atoms with Crippen molar-refractivity contribution in [3.63, 3.8) is 0 Å². The minimum Gasteiger partial charge on any atom is -0.299 e. The molecule has 1 aromatic carbocycles. The van der Waals surface area contributed by atoms with Crippen LogP contribution < -0.4 is 0 Å². The summed E-state index contributed by atoms with van der Waals surface area (Å²) < 4.78 is 0. The third-order valence-electron chi connectivity index (χ3n) is 4.91. The van der Waals surface area contributed by atoms with Crippen LogP contribution in [0.2, 0.25) is 0 Å². The molecule has 0 heterocycles. The van der Waals surface area contributed by atoms with Crippen molar-refractivity contribution in [2.45, 2.75) is 99.8 Å². The third kappa shape index (κ3) is 8.21. The van der Waals surface area contributed by atoms with Gasteiger partial charge in [0.2, 0.25) is 0 Å². The maximum atomic E-state index is 12.9. The first-order chi connectivity index (χ1) is 11.9. The summed E-state index contributed by atoms with van der Waals surface area (Å²) in [4.78, 5) is 12.9. The lowest BCUT2D eigenvalue weighted by Gasteiger charge is -2.24. The van der Waals surface area contributed by atoms with E-state index in [1.807, 2.05) is 27.7 Å². The van der Waals surface area contributed by atoms with Gasteiger partial charge in [-0.3, -0.25) is 4.79 Å². The SMILES string of the molecule is CC.CCCCCC(C)CC(C(=O)C(C)C)c1cc(C)ccc1CC. The number of aryl methyl sites for hydroxylation is 2. The predicted octanol–water partition coefficient (Wildman–Crippen LogP) is 7.50. The molecule has 1 rings (SSSR count). The predicted molar refractivity (Wildman–Crippen MR) is 112 cm³/mol. The van der Waals surface area contributed by atoms with Crippen LogP contribution in [0, 0.1) is 18.8 Å². The average Bonchev–Trinajstić information content (AvgIpc) is 2.61. The molecule has 0 fully saturated rings. The first-order valence-corrected chi connectivity index (χ1v) is 10.5. The molecule has 0 aliphatic heterocycles. The molecule has 0 radical (unpaired) electrons. The summed E-state index contributed by atoms with van der Waals surface area (Å²) in [6.07, 6.45) is 7.09. The van der Waals surface area contributed by atoms with E-state index in [1.165, 1.54) is 42.4 Å². The van der Waals surface area contributed by atoms with E-state index < -0.39 is 0 Å². The Morgan fingerprint density at radius 2 is 1.68 bits per heavy atom. The summed E-state index contributed by atoms with van der Waals surface area (Å²) in [5.41, 5.74) is 3.89. The smallest absolute Gasteiger partial charge is 0.142 e. The second kappa shape index (κ2) is 13.1. The van der Waals surface area contributed by atoms with Crippen LogP contribution in [0.1, 0.15) is 103 Å². The first-order valence-electron chi connectivity index (χ1n) is 10.5. The second-order valence-corrected chi connectivity index (χ2v) is 7.50. The number of carbonyl (C=O) groups is 1. The van der Waals surface area contributed by atoms with Crippen LogP contribution in [0.4, 0.5) is 0 Å². The zero-order chi connectivity index (χ0) is 19.4. The van der Waals surface area contributed by atoms with Crippen LogP contribution in [0.5, 0.6) is 0 Å². The number of hydrogen-bond donors (Lipinski definition) is 0. The fourth-order valence-electron chi connectivity index (χ4n) is 3.42. The summed E-state index contributed by atoms with van der Waals surface area (Å²) in [7, 11) is 0. The highest BCUT2D eigenvalue weighted by atomic mass is 16.1. The minimum atomic E-state index is 0.0708. The molecule has 0 saturated carbocycles. The number of Topliss-reactive ketones (excluding diaryl/α,β-unsaturated/α-hetero) is 1. The molecule has 0 N–H and O–H groups in total. The van der Waals surface area contributed by atoms with Crippen LogP contribution in [-0.4, -0.2) is 5.78 Å². The highest BCUT2D eigenvalue weighted by Crippen LogP contribution is 2.32. The fraction of sp³-hybridized carbons (Fsp3) is 0.708. The van der Waals surface area contributed by atoms with Crippen LogP contribution >= 0.6 is 0 Å². The Morgan fingerprint density at radius 3 is 2.20 bits per heavy atom. The molecule has 0 aromatic heterocycles. The van der Waals surface area contributed by atoms with E-state index in [1.54, 1.807) is 0 Å². The van der Waals surface area contributed by atoms with Crippen molar-refractivity contribution in [3.8, 4) is 0 Å². The lowest BCUT2D eigenvalue weighted by Crippen LogP contribution is -2.21. The molecule has 0 aliphatic rings. The van der Waals surface area contributed by atoms with Gasteiger partial charge in [0.25, 0.3) is 0 Å². The zero-order valence-electron chi connectivity index (χ0n) is 18.1. The summed E-state index contributed by atoms with van der Waals surface area (Å²) in [6, 6.07) is 6.64. The van der Waals surface area contributed by atoms with Crippen molar-refractivity contribution in [3.05, 3.63) is 34.9 Å². The second-order valence-electron chi connectivity index (χ2n) is 7.50. The van der Waals surface area contributed by atoms with Crippen LogP contribution in [0.3, 0.4) is 0 Å². The monoisotopic (exact) mass is 346 g/mol. The number of benzene rings is 1. The molecule has 0 saturated heterocycles. The molecule has 1 aromatic rings. The van der Waals surface area contributed by atoms with Gasteiger partial charge < -0.3 is 0 Å².